The Bertz CT molecular complexity index is 365. The maximum absolute atomic E-state index is 12.7. The molecule has 1 saturated carbocycles. The van der Waals surface area contributed by atoms with Crippen LogP contribution in [0.2, 0.25) is 0 Å². The molecule has 2 aliphatic rings. The van der Waals surface area contributed by atoms with Crippen LogP contribution < -0.4 is 5.73 Å². The SMILES string of the molecule is CC1(C)CN(C(=O)CC2(CN)CCCCC2)CC(CO)O1. The van der Waals surface area contributed by atoms with Gasteiger partial charge in [-0.15, -0.1) is 0 Å². The summed E-state index contributed by atoms with van der Waals surface area (Å²) in [6.45, 7) is 5.55. The van der Waals surface area contributed by atoms with E-state index in [1.807, 2.05) is 18.7 Å². The zero-order valence-electron chi connectivity index (χ0n) is 13.4. The largest absolute Gasteiger partial charge is 0.394 e. The molecule has 1 saturated heterocycles. The predicted octanol–water partition coefficient (Wildman–Crippen LogP) is 1.28. The van der Waals surface area contributed by atoms with Crippen LogP contribution in [0.15, 0.2) is 0 Å². The summed E-state index contributed by atoms with van der Waals surface area (Å²) in [5, 5.41) is 9.36. The van der Waals surface area contributed by atoms with Crippen molar-refractivity contribution in [1.29, 1.82) is 0 Å². The normalized spacial score (nSPS) is 28.4. The Morgan fingerprint density at radius 2 is 2.00 bits per heavy atom. The lowest BCUT2D eigenvalue weighted by Gasteiger charge is -2.44. The Kier molecular flexibility index (Phi) is 5.28. The van der Waals surface area contributed by atoms with Crippen LogP contribution in [0.25, 0.3) is 0 Å². The van der Waals surface area contributed by atoms with Crippen molar-refractivity contribution in [2.75, 3.05) is 26.2 Å². The minimum absolute atomic E-state index is 0.00745. The van der Waals surface area contributed by atoms with Crippen LogP contribution in [-0.2, 0) is 9.53 Å². The van der Waals surface area contributed by atoms with Crippen molar-refractivity contribution >= 4 is 5.91 Å². The number of nitrogens with two attached hydrogens (primary N) is 1. The van der Waals surface area contributed by atoms with Gasteiger partial charge in [-0.1, -0.05) is 19.3 Å². The number of rotatable bonds is 4. The molecule has 2 fully saturated rings. The van der Waals surface area contributed by atoms with Gasteiger partial charge >= 0.3 is 0 Å². The number of hydrogen-bond donors (Lipinski definition) is 2. The molecule has 0 aromatic rings. The number of carbonyl (C=O) groups excluding carboxylic acids is 1. The lowest BCUT2D eigenvalue weighted by molar-refractivity contribution is -0.168. The second kappa shape index (κ2) is 6.63. The Morgan fingerprint density at radius 1 is 1.33 bits per heavy atom. The van der Waals surface area contributed by atoms with Crippen molar-refractivity contribution in [3.05, 3.63) is 0 Å². The summed E-state index contributed by atoms with van der Waals surface area (Å²) in [6.07, 6.45) is 6.00. The number of carbonyl (C=O) groups is 1. The van der Waals surface area contributed by atoms with Gasteiger partial charge in [0, 0.05) is 19.5 Å². The first-order valence-electron chi connectivity index (χ1n) is 8.16. The van der Waals surface area contributed by atoms with Gasteiger partial charge in [0.05, 0.1) is 18.3 Å². The minimum atomic E-state index is -0.399. The first-order chi connectivity index (χ1) is 9.90. The lowest BCUT2D eigenvalue weighted by atomic mass is 9.71. The molecule has 5 heteroatoms. The molecule has 0 bridgehead atoms. The van der Waals surface area contributed by atoms with Gasteiger partial charge in [-0.3, -0.25) is 4.79 Å². The fraction of sp³-hybridized carbons (Fsp3) is 0.938. The van der Waals surface area contributed by atoms with Crippen LogP contribution >= 0.6 is 0 Å². The summed E-state index contributed by atoms with van der Waals surface area (Å²) in [5.74, 6) is 0.164. The molecular weight excluding hydrogens is 268 g/mol. The van der Waals surface area contributed by atoms with Crippen LogP contribution in [0.5, 0.6) is 0 Å². The smallest absolute Gasteiger partial charge is 0.223 e. The highest BCUT2D eigenvalue weighted by Crippen LogP contribution is 2.39. The number of aliphatic hydroxyl groups excluding tert-OH is 1. The van der Waals surface area contributed by atoms with Gasteiger partial charge in [0.25, 0.3) is 0 Å². The van der Waals surface area contributed by atoms with E-state index < -0.39 is 5.60 Å². The van der Waals surface area contributed by atoms with E-state index in [0.717, 1.165) is 12.8 Å². The number of aliphatic hydroxyl groups is 1. The van der Waals surface area contributed by atoms with Crippen molar-refractivity contribution in [3.63, 3.8) is 0 Å². The highest BCUT2D eigenvalue weighted by Gasteiger charge is 2.39. The molecule has 0 aromatic carbocycles. The standard InChI is InChI=1S/C16H30N2O3/c1-15(2)12-18(9-13(10-19)21-15)14(20)8-16(11-17)6-4-3-5-7-16/h13,19H,3-12,17H2,1-2H3. The van der Waals surface area contributed by atoms with Gasteiger partial charge in [-0.05, 0) is 38.6 Å². The fourth-order valence-electron chi connectivity index (χ4n) is 3.77. The Hall–Kier alpha value is -0.650. The van der Waals surface area contributed by atoms with Crippen molar-refractivity contribution in [2.24, 2.45) is 11.1 Å². The predicted molar refractivity (Wildman–Crippen MR) is 81.8 cm³/mol. The van der Waals surface area contributed by atoms with Gasteiger partial charge in [0.15, 0.2) is 0 Å². The summed E-state index contributed by atoms with van der Waals surface area (Å²) in [4.78, 5) is 14.6. The zero-order chi connectivity index (χ0) is 15.5. The Balaban J connectivity index is 2.01. The van der Waals surface area contributed by atoms with E-state index in [1.165, 1.54) is 19.3 Å². The maximum Gasteiger partial charge on any atom is 0.223 e. The summed E-state index contributed by atoms with van der Waals surface area (Å²) >= 11 is 0. The highest BCUT2D eigenvalue weighted by atomic mass is 16.5. The second-order valence-electron chi connectivity index (χ2n) is 7.40. The molecule has 21 heavy (non-hydrogen) atoms. The van der Waals surface area contributed by atoms with Gasteiger partial charge in [-0.25, -0.2) is 0 Å². The van der Waals surface area contributed by atoms with Gasteiger partial charge in [0.2, 0.25) is 5.91 Å². The van der Waals surface area contributed by atoms with E-state index in [4.69, 9.17) is 10.5 Å². The second-order valence-corrected chi connectivity index (χ2v) is 7.40. The number of amides is 1. The highest BCUT2D eigenvalue weighted by molar-refractivity contribution is 5.77. The third-order valence-electron chi connectivity index (χ3n) is 4.91. The van der Waals surface area contributed by atoms with Crippen LogP contribution in [-0.4, -0.2) is 53.9 Å². The van der Waals surface area contributed by atoms with Crippen molar-refractivity contribution < 1.29 is 14.6 Å². The fourth-order valence-corrected chi connectivity index (χ4v) is 3.77. The molecule has 1 unspecified atom stereocenters. The third-order valence-corrected chi connectivity index (χ3v) is 4.91. The summed E-state index contributed by atoms with van der Waals surface area (Å²) in [5.41, 5.74) is 5.58. The van der Waals surface area contributed by atoms with E-state index in [-0.39, 0.29) is 24.0 Å². The number of morpholine rings is 1. The molecule has 0 radical (unpaired) electrons. The van der Waals surface area contributed by atoms with Crippen molar-refractivity contribution in [2.45, 2.75) is 64.1 Å². The van der Waals surface area contributed by atoms with Crippen LogP contribution in [0, 0.1) is 5.41 Å². The molecule has 2 rings (SSSR count). The molecule has 1 aliphatic carbocycles. The van der Waals surface area contributed by atoms with E-state index >= 15 is 0 Å². The topological polar surface area (TPSA) is 75.8 Å². The molecule has 3 N–H and O–H groups in total. The minimum Gasteiger partial charge on any atom is -0.394 e. The summed E-state index contributed by atoms with van der Waals surface area (Å²) < 4.78 is 5.78. The molecule has 0 aromatic heterocycles. The molecular formula is C16H30N2O3. The molecule has 122 valence electrons. The molecule has 0 spiro atoms. The molecule has 1 amide bonds. The monoisotopic (exact) mass is 298 g/mol. The van der Waals surface area contributed by atoms with Crippen LogP contribution in [0.1, 0.15) is 52.4 Å². The van der Waals surface area contributed by atoms with E-state index in [0.29, 0.717) is 26.1 Å². The van der Waals surface area contributed by atoms with Crippen LogP contribution in [0.4, 0.5) is 0 Å². The quantitative estimate of drug-likeness (QED) is 0.820. The molecule has 1 heterocycles. The first-order valence-corrected chi connectivity index (χ1v) is 8.16. The van der Waals surface area contributed by atoms with Gasteiger partial charge < -0.3 is 20.5 Å². The maximum atomic E-state index is 12.7. The first kappa shape index (κ1) is 16.7. The van der Waals surface area contributed by atoms with Gasteiger partial charge in [-0.2, -0.15) is 0 Å². The van der Waals surface area contributed by atoms with E-state index in [2.05, 4.69) is 0 Å². The third kappa shape index (κ3) is 4.18. The zero-order valence-corrected chi connectivity index (χ0v) is 13.4. The summed E-state index contributed by atoms with van der Waals surface area (Å²) in [6, 6.07) is 0. The van der Waals surface area contributed by atoms with Gasteiger partial charge in [0.1, 0.15) is 0 Å². The lowest BCUT2D eigenvalue weighted by Crippen LogP contribution is -2.56. The number of nitrogens with zero attached hydrogens (tertiary/aromatic N) is 1. The van der Waals surface area contributed by atoms with Crippen LogP contribution in [0.3, 0.4) is 0 Å². The summed E-state index contributed by atoms with van der Waals surface area (Å²) in [7, 11) is 0. The van der Waals surface area contributed by atoms with E-state index in [9.17, 15) is 9.90 Å². The Labute approximate surface area is 127 Å². The molecule has 1 atom stereocenters. The van der Waals surface area contributed by atoms with E-state index in [1.54, 1.807) is 0 Å². The average Bonchev–Trinajstić information content (AvgIpc) is 2.46. The average molecular weight is 298 g/mol. The van der Waals surface area contributed by atoms with Crippen molar-refractivity contribution in [1.82, 2.24) is 4.90 Å². The molecule has 1 aliphatic heterocycles. The molecule has 5 nitrogen and oxygen atoms in total. The number of ether oxygens (including phenoxy) is 1. The Morgan fingerprint density at radius 3 is 2.57 bits per heavy atom. The number of hydrogen-bond acceptors (Lipinski definition) is 4. The van der Waals surface area contributed by atoms with Crippen molar-refractivity contribution in [3.8, 4) is 0 Å².